The molecule has 122 valence electrons. The molecule has 2 N–H and O–H groups in total. The average molecular weight is 314 g/mol. The van der Waals surface area contributed by atoms with Crippen LogP contribution in [0.3, 0.4) is 0 Å². The summed E-state index contributed by atoms with van der Waals surface area (Å²) in [5.41, 5.74) is 3.78. The van der Waals surface area contributed by atoms with E-state index < -0.39 is 0 Å². The molecule has 0 saturated carbocycles. The van der Waals surface area contributed by atoms with Gasteiger partial charge in [-0.15, -0.1) is 0 Å². The van der Waals surface area contributed by atoms with Crippen LogP contribution in [-0.2, 0) is 13.0 Å². The maximum Gasteiger partial charge on any atom is 0.315 e. The summed E-state index contributed by atoms with van der Waals surface area (Å²) in [7, 11) is 1.58. The van der Waals surface area contributed by atoms with Crippen LogP contribution in [0.4, 0.5) is 4.79 Å². The number of aromatic nitrogens is 2. The van der Waals surface area contributed by atoms with Crippen LogP contribution >= 0.6 is 0 Å². The number of carbonyl (C=O) groups excluding carboxylic acids is 1. The lowest BCUT2D eigenvalue weighted by Gasteiger charge is -2.13. The maximum atomic E-state index is 11.9. The molecule has 0 unspecified atom stereocenters. The molecule has 6 nitrogen and oxygen atoms in total. The molecule has 0 saturated heterocycles. The molecule has 6 heteroatoms. The second-order valence-corrected chi connectivity index (χ2v) is 5.25. The third-order valence-electron chi connectivity index (χ3n) is 3.45. The molecule has 0 bridgehead atoms. The summed E-state index contributed by atoms with van der Waals surface area (Å²) in [6, 6.07) is 7.49. The SMILES string of the molecule is COc1nc(C)cc(C)c1CNC(=O)NCCc1ccccn1. The minimum Gasteiger partial charge on any atom is -0.481 e. The van der Waals surface area contributed by atoms with Crippen molar-refractivity contribution in [3.63, 3.8) is 0 Å². The number of nitrogens with zero attached hydrogens (tertiary/aromatic N) is 2. The molecule has 23 heavy (non-hydrogen) atoms. The number of nitrogens with one attached hydrogen (secondary N) is 2. The predicted octanol–water partition coefficient (Wildman–Crippen LogP) is 2.14. The molecule has 2 rings (SSSR count). The number of pyridine rings is 2. The molecular formula is C17H22N4O2. The van der Waals surface area contributed by atoms with Crippen molar-refractivity contribution in [3.8, 4) is 5.88 Å². The Morgan fingerprint density at radius 1 is 1.26 bits per heavy atom. The molecule has 0 radical (unpaired) electrons. The zero-order valence-corrected chi connectivity index (χ0v) is 13.7. The van der Waals surface area contributed by atoms with E-state index in [0.29, 0.717) is 25.4 Å². The number of rotatable bonds is 6. The molecular weight excluding hydrogens is 292 g/mol. The molecule has 0 aliphatic carbocycles. The first-order chi connectivity index (χ1) is 11.1. The van der Waals surface area contributed by atoms with E-state index in [9.17, 15) is 4.79 Å². The zero-order valence-electron chi connectivity index (χ0n) is 13.7. The topological polar surface area (TPSA) is 76.1 Å². The van der Waals surface area contributed by atoms with Gasteiger partial charge in [-0.3, -0.25) is 4.98 Å². The van der Waals surface area contributed by atoms with Gasteiger partial charge in [0.05, 0.1) is 13.7 Å². The highest BCUT2D eigenvalue weighted by atomic mass is 16.5. The van der Waals surface area contributed by atoms with Crippen LogP contribution in [0.5, 0.6) is 5.88 Å². The Kier molecular flexibility index (Phi) is 5.91. The van der Waals surface area contributed by atoms with E-state index in [1.807, 2.05) is 38.1 Å². The van der Waals surface area contributed by atoms with Crippen molar-refractivity contribution < 1.29 is 9.53 Å². The molecule has 0 atom stereocenters. The Bertz CT molecular complexity index is 659. The number of urea groups is 1. The number of hydrogen-bond acceptors (Lipinski definition) is 4. The average Bonchev–Trinajstić information content (AvgIpc) is 2.54. The van der Waals surface area contributed by atoms with E-state index in [0.717, 1.165) is 22.5 Å². The normalized spacial score (nSPS) is 10.2. The summed E-state index contributed by atoms with van der Waals surface area (Å²) in [6.45, 7) is 4.80. The van der Waals surface area contributed by atoms with E-state index in [2.05, 4.69) is 20.6 Å². The van der Waals surface area contributed by atoms with Gasteiger partial charge in [0.1, 0.15) is 0 Å². The molecule has 0 aliphatic rings. The number of ether oxygens (including phenoxy) is 1. The Morgan fingerprint density at radius 2 is 2.09 bits per heavy atom. The maximum absolute atomic E-state index is 11.9. The zero-order chi connectivity index (χ0) is 16.7. The van der Waals surface area contributed by atoms with Gasteiger partial charge in [0.25, 0.3) is 0 Å². The Labute approximate surface area is 136 Å². The summed E-state index contributed by atoms with van der Waals surface area (Å²) < 4.78 is 5.29. The highest BCUT2D eigenvalue weighted by molar-refractivity contribution is 5.73. The fourth-order valence-electron chi connectivity index (χ4n) is 2.29. The molecule has 2 heterocycles. The molecule has 2 amide bonds. The van der Waals surface area contributed by atoms with Crippen molar-refractivity contribution in [2.24, 2.45) is 0 Å². The van der Waals surface area contributed by atoms with Crippen LogP contribution in [0.1, 0.15) is 22.5 Å². The number of aryl methyl sites for hydroxylation is 2. The second kappa shape index (κ2) is 8.12. The van der Waals surface area contributed by atoms with Gasteiger partial charge >= 0.3 is 6.03 Å². The van der Waals surface area contributed by atoms with Gasteiger partial charge in [-0.1, -0.05) is 6.07 Å². The van der Waals surface area contributed by atoms with Crippen LogP contribution in [0.2, 0.25) is 0 Å². The second-order valence-electron chi connectivity index (χ2n) is 5.25. The number of carbonyl (C=O) groups is 1. The van der Waals surface area contributed by atoms with E-state index >= 15 is 0 Å². The fraction of sp³-hybridized carbons (Fsp3) is 0.353. The van der Waals surface area contributed by atoms with Gasteiger partial charge in [0.15, 0.2) is 0 Å². The van der Waals surface area contributed by atoms with E-state index in [1.54, 1.807) is 13.3 Å². The van der Waals surface area contributed by atoms with Crippen LogP contribution in [0.15, 0.2) is 30.5 Å². The highest BCUT2D eigenvalue weighted by Gasteiger charge is 2.10. The van der Waals surface area contributed by atoms with Gasteiger partial charge in [-0.2, -0.15) is 0 Å². The first-order valence-corrected chi connectivity index (χ1v) is 7.53. The molecule has 0 spiro atoms. The lowest BCUT2D eigenvalue weighted by molar-refractivity contribution is 0.240. The third kappa shape index (κ3) is 4.95. The Balaban J connectivity index is 1.83. The van der Waals surface area contributed by atoms with Crippen LogP contribution in [0.25, 0.3) is 0 Å². The largest absolute Gasteiger partial charge is 0.481 e. The minimum absolute atomic E-state index is 0.219. The van der Waals surface area contributed by atoms with Gasteiger partial charge in [-0.05, 0) is 37.6 Å². The molecule has 2 aromatic heterocycles. The highest BCUT2D eigenvalue weighted by Crippen LogP contribution is 2.20. The quantitative estimate of drug-likeness (QED) is 0.856. The smallest absolute Gasteiger partial charge is 0.315 e. The van der Waals surface area contributed by atoms with Crippen LogP contribution < -0.4 is 15.4 Å². The van der Waals surface area contributed by atoms with Crippen molar-refractivity contribution in [3.05, 3.63) is 53.0 Å². The van der Waals surface area contributed by atoms with E-state index in [1.165, 1.54) is 0 Å². The summed E-state index contributed by atoms with van der Waals surface area (Å²) >= 11 is 0. The number of amides is 2. The van der Waals surface area contributed by atoms with E-state index in [-0.39, 0.29) is 6.03 Å². The molecule has 0 fully saturated rings. The van der Waals surface area contributed by atoms with Gasteiger partial charge < -0.3 is 15.4 Å². The van der Waals surface area contributed by atoms with Gasteiger partial charge in [-0.25, -0.2) is 9.78 Å². The van der Waals surface area contributed by atoms with Crippen molar-refractivity contribution in [1.82, 2.24) is 20.6 Å². The van der Waals surface area contributed by atoms with Crippen LogP contribution in [0, 0.1) is 13.8 Å². The Hall–Kier alpha value is -2.63. The number of methoxy groups -OCH3 is 1. The number of hydrogen-bond donors (Lipinski definition) is 2. The first kappa shape index (κ1) is 16.7. The van der Waals surface area contributed by atoms with E-state index in [4.69, 9.17) is 4.74 Å². The standard InChI is InChI=1S/C17H22N4O2/c1-12-10-13(2)21-16(23-3)15(12)11-20-17(22)19-9-7-14-6-4-5-8-18-14/h4-6,8,10H,7,9,11H2,1-3H3,(H2,19,20,22). The summed E-state index contributed by atoms with van der Waals surface area (Å²) in [5, 5.41) is 5.65. The van der Waals surface area contributed by atoms with Crippen molar-refractivity contribution >= 4 is 6.03 Å². The molecule has 2 aromatic rings. The first-order valence-electron chi connectivity index (χ1n) is 7.53. The molecule has 0 aromatic carbocycles. The predicted molar refractivity (Wildman–Crippen MR) is 88.4 cm³/mol. The Morgan fingerprint density at radius 3 is 2.78 bits per heavy atom. The van der Waals surface area contributed by atoms with Gasteiger partial charge in [0, 0.05) is 36.1 Å². The monoisotopic (exact) mass is 314 g/mol. The minimum atomic E-state index is -0.219. The van der Waals surface area contributed by atoms with Gasteiger partial charge in [0.2, 0.25) is 5.88 Å². The lowest BCUT2D eigenvalue weighted by Crippen LogP contribution is -2.36. The summed E-state index contributed by atoms with van der Waals surface area (Å²) in [5.74, 6) is 0.552. The molecule has 0 aliphatic heterocycles. The van der Waals surface area contributed by atoms with Crippen molar-refractivity contribution in [2.45, 2.75) is 26.8 Å². The van der Waals surface area contributed by atoms with Crippen molar-refractivity contribution in [2.75, 3.05) is 13.7 Å². The van der Waals surface area contributed by atoms with Crippen LogP contribution in [-0.4, -0.2) is 29.7 Å². The third-order valence-corrected chi connectivity index (χ3v) is 3.45. The summed E-state index contributed by atoms with van der Waals surface area (Å²) in [4.78, 5) is 20.4. The lowest BCUT2D eigenvalue weighted by atomic mass is 10.1. The van der Waals surface area contributed by atoms with Crippen molar-refractivity contribution in [1.29, 1.82) is 0 Å². The summed E-state index contributed by atoms with van der Waals surface area (Å²) in [6.07, 6.45) is 2.44. The fourth-order valence-corrected chi connectivity index (χ4v) is 2.29.